The lowest BCUT2D eigenvalue weighted by Gasteiger charge is -2.58. The molecule has 3 fully saturated rings. The number of aliphatic hydroxyl groups excluding tert-OH is 1. The Morgan fingerprint density at radius 2 is 2.00 bits per heavy atom. The first-order chi connectivity index (χ1) is 12.8. The summed E-state index contributed by atoms with van der Waals surface area (Å²) in [6, 6.07) is 0. The summed E-state index contributed by atoms with van der Waals surface area (Å²) in [6.45, 7) is 7.28. The number of carbonyl (C=O) groups is 1. The molecule has 0 amide bonds. The molecule has 0 bridgehead atoms. The van der Waals surface area contributed by atoms with E-state index in [1.54, 1.807) is 5.57 Å². The van der Waals surface area contributed by atoms with Gasteiger partial charge in [0.05, 0.1) is 6.10 Å². The van der Waals surface area contributed by atoms with Gasteiger partial charge in [0.2, 0.25) is 0 Å². The third-order valence-corrected chi connectivity index (χ3v) is 9.64. The molecule has 4 rings (SSSR count). The molecule has 0 radical (unpaired) electrons. The van der Waals surface area contributed by atoms with Crippen LogP contribution in [0.25, 0.3) is 0 Å². The Morgan fingerprint density at radius 3 is 2.74 bits per heavy atom. The number of hydrogen-bond acceptors (Lipinski definition) is 3. The minimum absolute atomic E-state index is 0.129. The van der Waals surface area contributed by atoms with Crippen molar-refractivity contribution in [3.8, 4) is 0 Å². The summed E-state index contributed by atoms with van der Waals surface area (Å²) in [7, 11) is 0. The Kier molecular flexibility index (Phi) is 4.98. The molecule has 0 unspecified atom stereocenters. The monoisotopic (exact) mass is 373 g/mol. The molecule has 0 heterocycles. The highest BCUT2D eigenvalue weighted by Gasteiger charge is 2.59. The predicted octanol–water partition coefficient (Wildman–Crippen LogP) is 4.09. The predicted molar refractivity (Wildman–Crippen MR) is 105 cm³/mol. The number of fused-ring (bicyclic) bond motifs is 5. The highest BCUT2D eigenvalue weighted by molar-refractivity contribution is 5.64. The van der Waals surface area contributed by atoms with Crippen LogP contribution in [0.1, 0.15) is 85.0 Å². The molecule has 8 atom stereocenters. The summed E-state index contributed by atoms with van der Waals surface area (Å²) in [5, 5.41) is 21.1. The van der Waals surface area contributed by atoms with Crippen LogP contribution in [0.15, 0.2) is 11.6 Å². The maximum Gasteiger partial charge on any atom is 0.0577 e. The number of aliphatic hydroxyl groups is 1. The first kappa shape index (κ1) is 19.5. The van der Waals surface area contributed by atoms with Crippen molar-refractivity contribution in [2.24, 2.45) is 40.4 Å². The number of carboxylic acids is 1. The van der Waals surface area contributed by atoms with E-state index in [-0.39, 0.29) is 12.5 Å². The van der Waals surface area contributed by atoms with E-state index in [4.69, 9.17) is 0 Å². The van der Waals surface area contributed by atoms with Crippen molar-refractivity contribution in [3.05, 3.63) is 11.6 Å². The molecule has 0 aromatic carbocycles. The molecule has 0 aliphatic heterocycles. The summed E-state index contributed by atoms with van der Waals surface area (Å²) < 4.78 is 0. The molecule has 3 saturated carbocycles. The lowest BCUT2D eigenvalue weighted by molar-refractivity contribution is -0.306. The highest BCUT2D eigenvalue weighted by Crippen LogP contribution is 2.67. The van der Waals surface area contributed by atoms with Gasteiger partial charge in [-0.3, -0.25) is 0 Å². The zero-order valence-electron chi connectivity index (χ0n) is 17.4. The van der Waals surface area contributed by atoms with E-state index in [2.05, 4.69) is 26.8 Å². The van der Waals surface area contributed by atoms with Gasteiger partial charge in [0.15, 0.2) is 0 Å². The summed E-state index contributed by atoms with van der Waals surface area (Å²) in [5.41, 5.74) is 2.23. The second kappa shape index (κ2) is 6.90. The molecule has 0 aromatic rings. The molecule has 4 aliphatic carbocycles. The number of hydrogen-bond donors (Lipinski definition) is 1. The van der Waals surface area contributed by atoms with Crippen LogP contribution in [0, 0.1) is 40.4 Å². The zero-order chi connectivity index (χ0) is 19.4. The maximum absolute atomic E-state index is 10.9. The number of aliphatic carboxylic acids is 1. The number of carboxylic acid groups (broad SMARTS) is 1. The second-order valence-electron chi connectivity index (χ2n) is 10.8. The highest BCUT2D eigenvalue weighted by atomic mass is 16.4. The van der Waals surface area contributed by atoms with Crippen molar-refractivity contribution in [1.82, 2.24) is 0 Å². The number of allylic oxidation sites excluding steroid dienone is 1. The molecular formula is C24H37O3-. The van der Waals surface area contributed by atoms with Crippen molar-refractivity contribution in [2.75, 3.05) is 0 Å². The Bertz CT molecular complexity index is 625. The lowest BCUT2D eigenvalue weighted by Crippen LogP contribution is -2.50. The third-order valence-electron chi connectivity index (χ3n) is 9.64. The number of rotatable bonds is 4. The van der Waals surface area contributed by atoms with Crippen LogP contribution in [-0.4, -0.2) is 17.2 Å². The quantitative estimate of drug-likeness (QED) is 0.755. The van der Waals surface area contributed by atoms with E-state index in [0.29, 0.717) is 22.7 Å². The van der Waals surface area contributed by atoms with E-state index in [9.17, 15) is 15.0 Å². The molecule has 0 saturated heterocycles. The fraction of sp³-hybridized carbons (Fsp3) is 0.875. The fourth-order valence-electron chi connectivity index (χ4n) is 8.16. The first-order valence-electron chi connectivity index (χ1n) is 11.3. The van der Waals surface area contributed by atoms with Crippen molar-refractivity contribution < 1.29 is 15.0 Å². The molecule has 152 valence electrons. The Balaban J connectivity index is 1.54. The molecule has 3 heteroatoms. The Labute approximate surface area is 164 Å². The van der Waals surface area contributed by atoms with E-state index in [0.717, 1.165) is 43.4 Å². The molecular weight excluding hydrogens is 336 g/mol. The molecule has 0 aromatic heterocycles. The Hall–Kier alpha value is -0.830. The van der Waals surface area contributed by atoms with Gasteiger partial charge in [-0.1, -0.05) is 32.4 Å². The summed E-state index contributed by atoms with van der Waals surface area (Å²) in [5.74, 6) is 2.58. The van der Waals surface area contributed by atoms with Crippen LogP contribution >= 0.6 is 0 Å². The SMILES string of the molecule is C[C@@H](CCC(=O)[O-])[C@H]1CC[C@H]2[C@H]3CC=C4C[C@@H](O)CC[C@]4(C)[C@@H]3CC[C@]12C. The molecule has 1 N–H and O–H groups in total. The first-order valence-corrected chi connectivity index (χ1v) is 11.3. The summed E-state index contributed by atoms with van der Waals surface area (Å²) in [6.07, 6.45) is 12.7. The molecule has 3 nitrogen and oxygen atoms in total. The fourth-order valence-corrected chi connectivity index (χ4v) is 8.16. The van der Waals surface area contributed by atoms with E-state index < -0.39 is 5.97 Å². The normalized spacial score (nSPS) is 47.4. The van der Waals surface area contributed by atoms with Crippen LogP contribution in [-0.2, 0) is 4.79 Å². The van der Waals surface area contributed by atoms with Crippen LogP contribution < -0.4 is 5.11 Å². The van der Waals surface area contributed by atoms with E-state index >= 15 is 0 Å². The van der Waals surface area contributed by atoms with Crippen LogP contribution in [0.2, 0.25) is 0 Å². The topological polar surface area (TPSA) is 60.4 Å². The third kappa shape index (κ3) is 3.09. The maximum atomic E-state index is 10.9. The van der Waals surface area contributed by atoms with Gasteiger partial charge in [0.25, 0.3) is 0 Å². The van der Waals surface area contributed by atoms with Gasteiger partial charge in [0.1, 0.15) is 0 Å². The number of carbonyl (C=O) groups excluding carboxylic acids is 1. The van der Waals surface area contributed by atoms with Crippen molar-refractivity contribution in [2.45, 2.75) is 91.1 Å². The zero-order valence-corrected chi connectivity index (χ0v) is 17.4. The van der Waals surface area contributed by atoms with E-state index in [1.807, 2.05) is 0 Å². The summed E-state index contributed by atoms with van der Waals surface area (Å²) in [4.78, 5) is 10.9. The minimum Gasteiger partial charge on any atom is -0.550 e. The van der Waals surface area contributed by atoms with Crippen LogP contribution in [0.5, 0.6) is 0 Å². The average Bonchev–Trinajstić information content (AvgIpc) is 2.97. The van der Waals surface area contributed by atoms with Crippen molar-refractivity contribution in [1.29, 1.82) is 0 Å². The van der Waals surface area contributed by atoms with Gasteiger partial charge in [-0.05, 0) is 105 Å². The van der Waals surface area contributed by atoms with Gasteiger partial charge in [-0.2, -0.15) is 0 Å². The van der Waals surface area contributed by atoms with Gasteiger partial charge < -0.3 is 15.0 Å². The molecule has 0 spiro atoms. The largest absolute Gasteiger partial charge is 0.550 e. The summed E-state index contributed by atoms with van der Waals surface area (Å²) >= 11 is 0. The van der Waals surface area contributed by atoms with Gasteiger partial charge in [-0.15, -0.1) is 0 Å². The Morgan fingerprint density at radius 1 is 1.22 bits per heavy atom. The standard InChI is InChI=1S/C24H38O3/c1-15(4-9-22(26)27)19-7-8-20-18-6-5-16-14-17(25)10-12-23(16,2)21(18)11-13-24(19,20)3/h5,15,17-21,25H,4,6-14H2,1-3H3,(H,26,27)/p-1/t15-,17-,18+,19+,20-,21+,23-,24+/m0/s1. The smallest absolute Gasteiger partial charge is 0.0577 e. The van der Waals surface area contributed by atoms with Gasteiger partial charge in [0, 0.05) is 5.97 Å². The second-order valence-corrected chi connectivity index (χ2v) is 10.8. The van der Waals surface area contributed by atoms with Crippen LogP contribution in [0.4, 0.5) is 0 Å². The van der Waals surface area contributed by atoms with E-state index in [1.165, 1.54) is 32.1 Å². The van der Waals surface area contributed by atoms with Gasteiger partial charge in [-0.25, -0.2) is 0 Å². The molecule has 27 heavy (non-hydrogen) atoms. The molecule has 4 aliphatic rings. The minimum atomic E-state index is -0.900. The lowest BCUT2D eigenvalue weighted by atomic mass is 9.47. The van der Waals surface area contributed by atoms with Crippen molar-refractivity contribution >= 4 is 5.97 Å². The van der Waals surface area contributed by atoms with Crippen LogP contribution in [0.3, 0.4) is 0 Å². The van der Waals surface area contributed by atoms with Crippen molar-refractivity contribution in [3.63, 3.8) is 0 Å². The average molecular weight is 374 g/mol. The van der Waals surface area contributed by atoms with Gasteiger partial charge >= 0.3 is 0 Å².